The molecule has 0 saturated carbocycles. The topological polar surface area (TPSA) is 140 Å². The molecular weight excluding hydrogens is 512 g/mol. The minimum absolute atomic E-state index is 0.0229. The summed E-state index contributed by atoms with van der Waals surface area (Å²) in [5, 5.41) is 13.5. The molecular formula is C27H31F2N5O5. The Morgan fingerprint density at radius 1 is 1.21 bits per heavy atom. The van der Waals surface area contributed by atoms with Crippen LogP contribution in [0.3, 0.4) is 0 Å². The van der Waals surface area contributed by atoms with Crippen LogP contribution in [0.2, 0.25) is 0 Å². The number of ether oxygens (including phenoxy) is 2. The first-order valence-electron chi connectivity index (χ1n) is 12.5. The Hall–Kier alpha value is -4.06. The number of carbonyl (C=O) groups is 2. The van der Waals surface area contributed by atoms with E-state index in [1.165, 1.54) is 37.3 Å². The number of amides is 1. The van der Waals surface area contributed by atoms with Gasteiger partial charge in [0.05, 0.1) is 20.1 Å². The Labute approximate surface area is 224 Å². The number of aromatic nitrogens is 2. The van der Waals surface area contributed by atoms with E-state index in [1.54, 1.807) is 12.1 Å². The molecule has 2 heterocycles. The highest BCUT2D eigenvalue weighted by molar-refractivity contribution is 5.91. The third-order valence-corrected chi connectivity index (χ3v) is 7.04. The van der Waals surface area contributed by atoms with Crippen LogP contribution in [0.4, 0.5) is 14.6 Å². The highest BCUT2D eigenvalue weighted by Gasteiger charge is 2.39. The summed E-state index contributed by atoms with van der Waals surface area (Å²) >= 11 is 0. The zero-order valence-electron chi connectivity index (χ0n) is 21.9. The van der Waals surface area contributed by atoms with Gasteiger partial charge in [-0.05, 0) is 36.7 Å². The molecule has 12 heteroatoms. The van der Waals surface area contributed by atoms with Crippen molar-refractivity contribution in [2.75, 3.05) is 39.6 Å². The molecule has 1 amide bonds. The number of halogens is 2. The molecule has 4 rings (SSSR count). The molecule has 0 radical (unpaired) electrons. The van der Waals surface area contributed by atoms with E-state index in [4.69, 9.17) is 15.2 Å². The lowest BCUT2D eigenvalue weighted by Crippen LogP contribution is -2.46. The van der Waals surface area contributed by atoms with Gasteiger partial charge < -0.3 is 30.5 Å². The van der Waals surface area contributed by atoms with Crippen LogP contribution in [-0.2, 0) is 9.59 Å². The fraction of sp³-hybridized carbons (Fsp3) is 0.407. The number of anilines is 1. The van der Waals surface area contributed by atoms with E-state index in [0.29, 0.717) is 6.54 Å². The maximum atomic E-state index is 15.3. The number of rotatable bonds is 9. The van der Waals surface area contributed by atoms with Crippen molar-refractivity contribution in [2.45, 2.75) is 31.7 Å². The number of benzene rings is 2. The first-order valence-corrected chi connectivity index (χ1v) is 12.5. The van der Waals surface area contributed by atoms with E-state index in [-0.39, 0.29) is 77.7 Å². The first-order chi connectivity index (χ1) is 18.7. The molecule has 1 aliphatic heterocycles. The van der Waals surface area contributed by atoms with Crippen LogP contribution in [0.15, 0.2) is 30.3 Å². The first kappa shape index (κ1) is 28.0. The average molecular weight is 544 g/mol. The quantitative estimate of drug-likeness (QED) is 0.371. The minimum Gasteiger partial charge on any atom is -0.493 e. The predicted molar refractivity (Wildman–Crippen MR) is 140 cm³/mol. The van der Waals surface area contributed by atoms with Crippen molar-refractivity contribution >= 4 is 28.6 Å². The maximum Gasteiger partial charge on any atom is 0.309 e. The monoisotopic (exact) mass is 543 g/mol. The van der Waals surface area contributed by atoms with Gasteiger partial charge in [-0.2, -0.15) is 0 Å². The van der Waals surface area contributed by atoms with Crippen molar-refractivity contribution in [3.05, 3.63) is 53.4 Å². The predicted octanol–water partition coefficient (Wildman–Crippen LogP) is 3.27. The molecule has 1 fully saturated rings. The summed E-state index contributed by atoms with van der Waals surface area (Å²) in [5.41, 5.74) is 6.79. The Morgan fingerprint density at radius 2 is 1.92 bits per heavy atom. The van der Waals surface area contributed by atoms with Crippen LogP contribution in [0.5, 0.6) is 11.5 Å². The number of carboxylic acid groups (broad SMARTS) is 1. The van der Waals surface area contributed by atoms with E-state index >= 15 is 4.39 Å². The molecule has 0 aliphatic carbocycles. The zero-order chi connectivity index (χ0) is 28.3. The molecule has 4 N–H and O–H groups in total. The molecule has 3 unspecified atom stereocenters. The van der Waals surface area contributed by atoms with E-state index < -0.39 is 23.6 Å². The van der Waals surface area contributed by atoms with Crippen LogP contribution >= 0.6 is 0 Å². The molecule has 3 aromatic rings. The number of nitrogens with one attached hydrogen (secondary N) is 1. The second-order valence-corrected chi connectivity index (χ2v) is 9.33. The number of nitrogens with zero attached hydrogens (tertiary/aromatic N) is 3. The molecule has 1 saturated heterocycles. The van der Waals surface area contributed by atoms with Crippen molar-refractivity contribution in [3.63, 3.8) is 0 Å². The molecule has 208 valence electrons. The number of piperidine rings is 1. The lowest BCUT2D eigenvalue weighted by molar-refractivity contribution is -0.147. The Bertz CT molecular complexity index is 1370. The Balaban J connectivity index is 1.59. The summed E-state index contributed by atoms with van der Waals surface area (Å²) in [6.07, 6.45) is 0.313. The van der Waals surface area contributed by atoms with E-state index in [9.17, 15) is 19.1 Å². The van der Waals surface area contributed by atoms with Crippen molar-refractivity contribution < 1.29 is 33.0 Å². The summed E-state index contributed by atoms with van der Waals surface area (Å²) in [7, 11) is 2.66. The molecule has 39 heavy (non-hydrogen) atoms. The van der Waals surface area contributed by atoms with Gasteiger partial charge in [0.25, 0.3) is 0 Å². The number of carbonyl (C=O) groups excluding carboxylic acids is 1. The minimum atomic E-state index is -1.13. The number of likely N-dealkylation sites (tertiary alicyclic amines) is 1. The van der Waals surface area contributed by atoms with E-state index in [0.717, 1.165) is 5.56 Å². The van der Waals surface area contributed by atoms with Gasteiger partial charge in [-0.3, -0.25) is 9.59 Å². The van der Waals surface area contributed by atoms with Crippen molar-refractivity contribution in [2.24, 2.45) is 5.92 Å². The summed E-state index contributed by atoms with van der Waals surface area (Å²) < 4.78 is 39.0. The van der Waals surface area contributed by atoms with Crippen LogP contribution in [0, 0.1) is 17.6 Å². The van der Waals surface area contributed by atoms with Crippen LogP contribution in [0.1, 0.15) is 43.1 Å². The Kier molecular flexibility index (Phi) is 8.44. The third-order valence-electron chi connectivity index (χ3n) is 7.04. The normalized spacial score (nSPS) is 18.1. The molecule has 2 aromatic carbocycles. The number of fused-ring (bicyclic) bond motifs is 1. The summed E-state index contributed by atoms with van der Waals surface area (Å²) in [6.45, 7) is 2.67. The maximum absolute atomic E-state index is 15.3. The molecule has 0 bridgehead atoms. The lowest BCUT2D eigenvalue weighted by Gasteiger charge is -2.36. The molecule has 3 atom stereocenters. The van der Waals surface area contributed by atoms with Gasteiger partial charge >= 0.3 is 5.97 Å². The van der Waals surface area contributed by atoms with Crippen LogP contribution < -0.4 is 20.5 Å². The highest BCUT2D eigenvalue weighted by Crippen LogP contribution is 2.39. The third kappa shape index (κ3) is 5.70. The molecule has 1 aliphatic rings. The van der Waals surface area contributed by atoms with Crippen molar-refractivity contribution in [1.29, 1.82) is 0 Å². The van der Waals surface area contributed by atoms with Gasteiger partial charge in [0.2, 0.25) is 5.91 Å². The van der Waals surface area contributed by atoms with Crippen molar-refractivity contribution in [1.82, 2.24) is 20.2 Å². The van der Waals surface area contributed by atoms with Gasteiger partial charge in [0.1, 0.15) is 23.0 Å². The van der Waals surface area contributed by atoms with Crippen LogP contribution in [0.25, 0.3) is 10.9 Å². The number of nitrogen functional groups attached to an aromatic ring is 1. The second-order valence-electron chi connectivity index (χ2n) is 9.33. The van der Waals surface area contributed by atoms with Gasteiger partial charge in [-0.1, -0.05) is 19.1 Å². The molecule has 10 nitrogen and oxygen atoms in total. The zero-order valence-corrected chi connectivity index (χ0v) is 21.9. The second kappa shape index (κ2) is 11.8. The molecule has 1 aromatic heterocycles. The lowest BCUT2D eigenvalue weighted by atomic mass is 9.84. The number of methoxy groups -OCH3 is 2. The molecule has 0 spiro atoms. The number of carboxylic acids is 1. The SMILES string of the molecule is CCNC(CC(=O)N1CCC(c2nc(N)c3cc(OC)c(OC)c(F)c3n2)C(C(=O)O)C1)c1ccc(F)cc1. The van der Waals surface area contributed by atoms with Gasteiger partial charge in [0, 0.05) is 36.9 Å². The smallest absolute Gasteiger partial charge is 0.309 e. The summed E-state index contributed by atoms with van der Waals surface area (Å²) in [6, 6.07) is 7.01. The van der Waals surface area contributed by atoms with Gasteiger partial charge in [-0.25, -0.2) is 18.7 Å². The van der Waals surface area contributed by atoms with Gasteiger partial charge in [0.15, 0.2) is 17.3 Å². The standard InChI is InChI=1S/C27H31F2N5O5/c1-4-31-19(14-5-7-15(28)8-6-14)12-21(35)34-10-9-16(18(13-34)27(36)37)26-32-23-17(25(30)33-26)11-20(38-2)24(39-3)22(23)29/h5-8,11,16,18-19,31H,4,9-10,12-13H2,1-3H3,(H,36,37)(H2,30,32,33). The number of hydrogen-bond acceptors (Lipinski definition) is 8. The van der Waals surface area contributed by atoms with E-state index in [2.05, 4.69) is 15.3 Å². The average Bonchev–Trinajstić information content (AvgIpc) is 2.93. The number of hydrogen-bond donors (Lipinski definition) is 3. The largest absolute Gasteiger partial charge is 0.493 e. The van der Waals surface area contributed by atoms with Crippen molar-refractivity contribution in [3.8, 4) is 11.5 Å². The number of aliphatic carboxylic acids is 1. The van der Waals surface area contributed by atoms with E-state index in [1.807, 2.05) is 6.92 Å². The summed E-state index contributed by atoms with van der Waals surface area (Å²) in [5.74, 6) is -4.24. The summed E-state index contributed by atoms with van der Waals surface area (Å²) in [4.78, 5) is 35.7. The Morgan fingerprint density at radius 3 is 2.54 bits per heavy atom. The fourth-order valence-corrected chi connectivity index (χ4v) is 5.03. The highest BCUT2D eigenvalue weighted by atomic mass is 19.1. The number of nitrogens with two attached hydrogens (primary N) is 1. The fourth-order valence-electron chi connectivity index (χ4n) is 5.03. The van der Waals surface area contributed by atoms with Crippen LogP contribution in [-0.4, -0.2) is 65.7 Å². The van der Waals surface area contributed by atoms with Gasteiger partial charge in [-0.15, -0.1) is 0 Å².